The smallest absolute Gasteiger partial charge is 0.239 e. The third-order valence-corrected chi connectivity index (χ3v) is 4.97. The van der Waals surface area contributed by atoms with E-state index < -0.39 is 5.43 Å². The standard InChI is InChI=1S/C25H27NO5/c1-14(2)9-11-16-20(27)17(12-10-15(3)4)23-19(21(16)28)22(29)25(30-5)24(31-23)18-8-6-7-13-26-18/h6-10,13,27-28H,11-12H2,1-5H3. The zero-order chi connectivity index (χ0) is 22.7. The first-order valence-electron chi connectivity index (χ1n) is 10.0. The molecule has 0 fully saturated rings. The summed E-state index contributed by atoms with van der Waals surface area (Å²) in [4.78, 5) is 17.6. The van der Waals surface area contributed by atoms with Gasteiger partial charge in [0.05, 0.1) is 7.11 Å². The number of phenols is 2. The summed E-state index contributed by atoms with van der Waals surface area (Å²) >= 11 is 0. The summed E-state index contributed by atoms with van der Waals surface area (Å²) in [5.41, 5.74) is 2.82. The molecule has 0 aliphatic carbocycles. The predicted molar refractivity (Wildman–Crippen MR) is 122 cm³/mol. The molecular formula is C25H27NO5. The zero-order valence-corrected chi connectivity index (χ0v) is 18.4. The number of methoxy groups -OCH3 is 1. The van der Waals surface area contributed by atoms with Gasteiger partial charge in [0.25, 0.3) is 0 Å². The first kappa shape index (κ1) is 22.2. The number of benzene rings is 1. The van der Waals surface area contributed by atoms with Crippen LogP contribution in [0.1, 0.15) is 38.8 Å². The molecule has 0 saturated carbocycles. The molecule has 0 unspecified atom stereocenters. The number of aromatic nitrogens is 1. The van der Waals surface area contributed by atoms with Crippen LogP contribution >= 0.6 is 0 Å². The van der Waals surface area contributed by atoms with Crippen LogP contribution in [0.15, 0.2) is 56.9 Å². The highest BCUT2D eigenvalue weighted by molar-refractivity contribution is 5.92. The Hall–Kier alpha value is -3.54. The van der Waals surface area contributed by atoms with Gasteiger partial charge in [0.2, 0.25) is 11.2 Å². The number of aromatic hydroxyl groups is 2. The molecule has 31 heavy (non-hydrogen) atoms. The number of fused-ring (bicyclic) bond motifs is 1. The van der Waals surface area contributed by atoms with E-state index in [0.717, 1.165) is 11.1 Å². The SMILES string of the molecule is COc1c(-c2ccccn2)oc2c(CC=C(C)C)c(O)c(CC=C(C)C)c(O)c2c1=O. The Bertz CT molecular complexity index is 1230. The average Bonchev–Trinajstić information content (AvgIpc) is 2.73. The zero-order valence-electron chi connectivity index (χ0n) is 18.4. The fourth-order valence-corrected chi connectivity index (χ4v) is 3.35. The quantitative estimate of drug-likeness (QED) is 0.525. The van der Waals surface area contributed by atoms with Crippen LogP contribution in [0, 0.1) is 0 Å². The molecule has 2 N–H and O–H groups in total. The number of pyridine rings is 1. The minimum atomic E-state index is -0.515. The van der Waals surface area contributed by atoms with Gasteiger partial charge in [-0.25, -0.2) is 0 Å². The maximum absolute atomic E-state index is 13.4. The molecule has 0 aliphatic heterocycles. The molecule has 3 rings (SSSR count). The number of phenolic OH excluding ortho intramolecular Hbond substituents is 2. The lowest BCUT2D eigenvalue weighted by Gasteiger charge is -2.16. The van der Waals surface area contributed by atoms with Gasteiger partial charge < -0.3 is 19.4 Å². The van der Waals surface area contributed by atoms with Crippen molar-refractivity contribution in [2.24, 2.45) is 0 Å². The maximum Gasteiger partial charge on any atom is 0.239 e. The van der Waals surface area contributed by atoms with E-state index in [9.17, 15) is 15.0 Å². The van der Waals surface area contributed by atoms with Gasteiger partial charge in [0.15, 0.2) is 5.76 Å². The van der Waals surface area contributed by atoms with Gasteiger partial charge in [0.1, 0.15) is 28.2 Å². The Morgan fingerprint density at radius 3 is 2.23 bits per heavy atom. The largest absolute Gasteiger partial charge is 0.507 e. The maximum atomic E-state index is 13.4. The molecule has 6 nitrogen and oxygen atoms in total. The van der Waals surface area contributed by atoms with Crippen LogP contribution in [0.3, 0.4) is 0 Å². The van der Waals surface area contributed by atoms with E-state index in [1.54, 1.807) is 24.4 Å². The summed E-state index contributed by atoms with van der Waals surface area (Å²) in [6.45, 7) is 7.75. The summed E-state index contributed by atoms with van der Waals surface area (Å²) in [7, 11) is 1.37. The van der Waals surface area contributed by atoms with Crippen molar-refractivity contribution in [1.82, 2.24) is 4.98 Å². The third kappa shape index (κ3) is 4.33. The van der Waals surface area contributed by atoms with Gasteiger partial charge in [0, 0.05) is 17.3 Å². The Morgan fingerprint density at radius 1 is 1.03 bits per heavy atom. The molecule has 6 heteroatoms. The lowest BCUT2D eigenvalue weighted by atomic mass is 9.96. The molecule has 0 aliphatic rings. The normalized spacial score (nSPS) is 10.7. The fraction of sp³-hybridized carbons (Fsp3) is 0.280. The third-order valence-electron chi connectivity index (χ3n) is 4.97. The Balaban J connectivity index is 2.46. The lowest BCUT2D eigenvalue weighted by molar-refractivity contribution is 0.395. The van der Waals surface area contributed by atoms with E-state index in [4.69, 9.17) is 9.15 Å². The summed E-state index contributed by atoms with van der Waals surface area (Å²) in [6.07, 6.45) is 6.01. The van der Waals surface area contributed by atoms with Crippen LogP contribution in [-0.2, 0) is 12.8 Å². The first-order chi connectivity index (χ1) is 14.8. The summed E-state index contributed by atoms with van der Waals surface area (Å²) in [6, 6.07) is 5.22. The fourth-order valence-electron chi connectivity index (χ4n) is 3.35. The van der Waals surface area contributed by atoms with E-state index in [0.29, 0.717) is 17.7 Å². The van der Waals surface area contributed by atoms with Crippen molar-refractivity contribution >= 4 is 11.0 Å². The predicted octanol–water partition coefficient (Wildman–Crippen LogP) is 5.29. The highest BCUT2D eigenvalue weighted by atomic mass is 16.5. The molecule has 0 amide bonds. The molecule has 0 bridgehead atoms. The molecule has 2 heterocycles. The molecule has 0 saturated heterocycles. The average molecular weight is 421 g/mol. The Kier molecular flexibility index (Phi) is 6.49. The van der Waals surface area contributed by atoms with E-state index >= 15 is 0 Å². The van der Waals surface area contributed by atoms with Crippen molar-refractivity contribution in [2.75, 3.05) is 7.11 Å². The Labute approximate surface area is 181 Å². The van der Waals surface area contributed by atoms with Crippen LogP contribution in [-0.4, -0.2) is 22.3 Å². The van der Waals surface area contributed by atoms with Crippen LogP contribution in [0.2, 0.25) is 0 Å². The summed E-state index contributed by atoms with van der Waals surface area (Å²) < 4.78 is 11.5. The molecule has 0 radical (unpaired) electrons. The highest BCUT2D eigenvalue weighted by Gasteiger charge is 2.26. The number of ether oxygens (including phenoxy) is 1. The monoisotopic (exact) mass is 421 g/mol. The van der Waals surface area contributed by atoms with E-state index in [2.05, 4.69) is 4.98 Å². The lowest BCUT2D eigenvalue weighted by Crippen LogP contribution is -2.10. The van der Waals surface area contributed by atoms with E-state index in [-0.39, 0.29) is 46.0 Å². The van der Waals surface area contributed by atoms with Gasteiger partial charge >= 0.3 is 0 Å². The number of hydrogen-bond acceptors (Lipinski definition) is 6. The second-order valence-corrected chi connectivity index (χ2v) is 7.84. The van der Waals surface area contributed by atoms with E-state index in [1.807, 2.05) is 39.8 Å². The summed E-state index contributed by atoms with van der Waals surface area (Å²) in [5.74, 6) is -0.283. The van der Waals surface area contributed by atoms with E-state index in [1.165, 1.54) is 7.11 Å². The molecule has 1 aromatic carbocycles. The van der Waals surface area contributed by atoms with Crippen molar-refractivity contribution in [3.05, 3.63) is 69.0 Å². The molecule has 0 spiro atoms. The van der Waals surface area contributed by atoms with Gasteiger partial charge in [-0.3, -0.25) is 9.78 Å². The van der Waals surface area contributed by atoms with Crippen LogP contribution in [0.25, 0.3) is 22.4 Å². The van der Waals surface area contributed by atoms with Crippen molar-refractivity contribution in [2.45, 2.75) is 40.5 Å². The number of hydrogen-bond donors (Lipinski definition) is 2. The van der Waals surface area contributed by atoms with Crippen molar-refractivity contribution in [1.29, 1.82) is 0 Å². The van der Waals surface area contributed by atoms with Gasteiger partial charge in [-0.1, -0.05) is 29.4 Å². The van der Waals surface area contributed by atoms with Gasteiger partial charge in [-0.05, 0) is 52.7 Å². The number of rotatable bonds is 6. The molecule has 3 aromatic rings. The number of nitrogens with zero attached hydrogens (tertiary/aromatic N) is 1. The van der Waals surface area contributed by atoms with Crippen LogP contribution in [0.5, 0.6) is 17.2 Å². The minimum Gasteiger partial charge on any atom is -0.507 e. The van der Waals surface area contributed by atoms with Gasteiger partial charge in [-0.2, -0.15) is 0 Å². The van der Waals surface area contributed by atoms with Crippen molar-refractivity contribution in [3.63, 3.8) is 0 Å². The minimum absolute atomic E-state index is 0.0105. The molecular weight excluding hydrogens is 394 g/mol. The molecule has 0 atom stereocenters. The molecule has 162 valence electrons. The highest BCUT2D eigenvalue weighted by Crippen LogP contribution is 2.42. The van der Waals surface area contributed by atoms with Crippen LogP contribution < -0.4 is 10.2 Å². The second-order valence-electron chi connectivity index (χ2n) is 7.84. The van der Waals surface area contributed by atoms with Crippen molar-refractivity contribution < 1.29 is 19.4 Å². The van der Waals surface area contributed by atoms with Crippen LogP contribution in [0.4, 0.5) is 0 Å². The molecule has 2 aromatic heterocycles. The Morgan fingerprint density at radius 2 is 1.68 bits per heavy atom. The first-order valence-corrected chi connectivity index (χ1v) is 10.0. The second kappa shape index (κ2) is 9.08. The van der Waals surface area contributed by atoms with Gasteiger partial charge in [-0.15, -0.1) is 0 Å². The van der Waals surface area contributed by atoms with Crippen molar-refractivity contribution in [3.8, 4) is 28.7 Å². The number of allylic oxidation sites excluding steroid dienone is 4. The topological polar surface area (TPSA) is 92.8 Å². The summed E-state index contributed by atoms with van der Waals surface area (Å²) in [5, 5.41) is 22.0.